The zero-order chi connectivity index (χ0) is 10.4. The third-order valence-corrected chi connectivity index (χ3v) is 3.58. The second kappa shape index (κ2) is 6.09. The van der Waals surface area contributed by atoms with Crippen LogP contribution >= 0.6 is 11.8 Å². The Morgan fingerprint density at radius 1 is 1.71 bits per heavy atom. The molecule has 0 amide bonds. The van der Waals surface area contributed by atoms with Gasteiger partial charge in [-0.05, 0) is 37.3 Å². The lowest BCUT2D eigenvalue weighted by Gasteiger charge is -2.07. The molecular weight excluding hydrogens is 198 g/mol. The molecule has 1 aliphatic rings. The van der Waals surface area contributed by atoms with E-state index in [-0.39, 0.29) is 0 Å². The summed E-state index contributed by atoms with van der Waals surface area (Å²) in [7, 11) is 0. The Morgan fingerprint density at radius 2 is 2.50 bits per heavy atom. The van der Waals surface area contributed by atoms with Gasteiger partial charge in [0.2, 0.25) is 0 Å². The maximum atomic E-state index is 10.5. The van der Waals surface area contributed by atoms with Crippen LogP contribution in [0.2, 0.25) is 0 Å². The van der Waals surface area contributed by atoms with Gasteiger partial charge in [-0.25, -0.2) is 4.79 Å². The van der Waals surface area contributed by atoms with Gasteiger partial charge in [-0.15, -0.1) is 0 Å². The Labute approximate surface area is 89.0 Å². The van der Waals surface area contributed by atoms with E-state index < -0.39 is 5.97 Å². The molecule has 0 spiro atoms. The van der Waals surface area contributed by atoms with Gasteiger partial charge < -0.3 is 10.4 Å². The highest BCUT2D eigenvalue weighted by Crippen LogP contribution is 2.22. The standard InChI is InChI=1S/C10H17NO2S/c1-8(10(12)13)2-4-11-6-9-3-5-14-7-9/h2,9,11H,3-7H2,1H3,(H,12,13). The molecule has 4 heteroatoms. The Hall–Kier alpha value is -0.480. The molecule has 0 aromatic rings. The predicted molar refractivity (Wildman–Crippen MR) is 59.7 cm³/mol. The summed E-state index contributed by atoms with van der Waals surface area (Å²) in [6.07, 6.45) is 3.02. The topological polar surface area (TPSA) is 49.3 Å². The summed E-state index contributed by atoms with van der Waals surface area (Å²) in [5.41, 5.74) is 0.415. The number of carbonyl (C=O) groups is 1. The molecule has 1 heterocycles. The highest BCUT2D eigenvalue weighted by atomic mass is 32.2. The number of thioether (sulfide) groups is 1. The normalized spacial score (nSPS) is 22.6. The number of carboxylic acids is 1. The SMILES string of the molecule is CC(=CCNCC1CCSC1)C(=O)O. The summed E-state index contributed by atoms with van der Waals surface area (Å²) in [4.78, 5) is 10.5. The first kappa shape index (κ1) is 11.6. The Balaban J connectivity index is 2.09. The van der Waals surface area contributed by atoms with Crippen LogP contribution in [0.25, 0.3) is 0 Å². The maximum absolute atomic E-state index is 10.5. The molecule has 0 bridgehead atoms. The van der Waals surface area contributed by atoms with Gasteiger partial charge in [0.05, 0.1) is 0 Å². The van der Waals surface area contributed by atoms with Crippen LogP contribution in [0.4, 0.5) is 0 Å². The van der Waals surface area contributed by atoms with Gasteiger partial charge in [0.25, 0.3) is 0 Å². The number of hydrogen-bond donors (Lipinski definition) is 2. The van der Waals surface area contributed by atoms with Gasteiger partial charge in [0, 0.05) is 12.1 Å². The molecule has 1 saturated heterocycles. The van der Waals surface area contributed by atoms with Crippen molar-refractivity contribution in [2.45, 2.75) is 13.3 Å². The second-order valence-corrected chi connectivity index (χ2v) is 4.73. The molecule has 2 N–H and O–H groups in total. The predicted octanol–water partition coefficient (Wildman–Crippen LogP) is 1.36. The second-order valence-electron chi connectivity index (χ2n) is 3.58. The minimum absolute atomic E-state index is 0.415. The zero-order valence-electron chi connectivity index (χ0n) is 8.45. The molecule has 0 aromatic carbocycles. The first-order valence-corrected chi connectivity index (χ1v) is 6.04. The smallest absolute Gasteiger partial charge is 0.330 e. The minimum Gasteiger partial charge on any atom is -0.478 e. The molecule has 0 radical (unpaired) electrons. The van der Waals surface area contributed by atoms with Crippen LogP contribution < -0.4 is 5.32 Å². The van der Waals surface area contributed by atoms with Gasteiger partial charge in [-0.2, -0.15) is 11.8 Å². The van der Waals surface area contributed by atoms with Crippen molar-refractivity contribution >= 4 is 17.7 Å². The van der Waals surface area contributed by atoms with Crippen molar-refractivity contribution in [1.82, 2.24) is 5.32 Å². The van der Waals surface area contributed by atoms with E-state index in [2.05, 4.69) is 5.32 Å². The summed E-state index contributed by atoms with van der Waals surface area (Å²) in [6.45, 7) is 3.30. The third kappa shape index (κ3) is 4.15. The van der Waals surface area contributed by atoms with Crippen molar-refractivity contribution in [2.24, 2.45) is 5.92 Å². The summed E-state index contributed by atoms with van der Waals surface area (Å²) >= 11 is 2.00. The van der Waals surface area contributed by atoms with E-state index in [0.29, 0.717) is 12.1 Å². The van der Waals surface area contributed by atoms with Crippen LogP contribution in [-0.2, 0) is 4.79 Å². The lowest BCUT2D eigenvalue weighted by Crippen LogP contribution is -2.23. The number of nitrogens with one attached hydrogen (secondary N) is 1. The fraction of sp³-hybridized carbons (Fsp3) is 0.700. The number of hydrogen-bond acceptors (Lipinski definition) is 3. The van der Waals surface area contributed by atoms with Crippen molar-refractivity contribution in [3.05, 3.63) is 11.6 Å². The Bertz CT molecular complexity index is 222. The van der Waals surface area contributed by atoms with Crippen molar-refractivity contribution in [3.8, 4) is 0 Å². The third-order valence-electron chi connectivity index (χ3n) is 2.35. The van der Waals surface area contributed by atoms with Crippen LogP contribution in [0.5, 0.6) is 0 Å². The van der Waals surface area contributed by atoms with Crippen LogP contribution in [0.3, 0.4) is 0 Å². The molecule has 0 aliphatic carbocycles. The van der Waals surface area contributed by atoms with Crippen LogP contribution in [-0.4, -0.2) is 35.7 Å². The number of rotatable bonds is 5. The van der Waals surface area contributed by atoms with E-state index in [1.807, 2.05) is 11.8 Å². The first-order valence-electron chi connectivity index (χ1n) is 4.88. The van der Waals surface area contributed by atoms with E-state index in [0.717, 1.165) is 12.5 Å². The van der Waals surface area contributed by atoms with Gasteiger partial charge in [0.1, 0.15) is 0 Å². The van der Waals surface area contributed by atoms with Crippen LogP contribution in [0.15, 0.2) is 11.6 Å². The summed E-state index contributed by atoms with van der Waals surface area (Å²) in [5.74, 6) is 2.46. The fourth-order valence-electron chi connectivity index (χ4n) is 1.34. The highest BCUT2D eigenvalue weighted by Gasteiger charge is 2.14. The molecule has 1 atom stereocenters. The molecule has 1 unspecified atom stereocenters. The van der Waals surface area contributed by atoms with Gasteiger partial charge in [0.15, 0.2) is 0 Å². The van der Waals surface area contributed by atoms with E-state index in [1.165, 1.54) is 17.9 Å². The zero-order valence-corrected chi connectivity index (χ0v) is 9.27. The molecular formula is C10H17NO2S. The average Bonchev–Trinajstić information content (AvgIpc) is 2.64. The average molecular weight is 215 g/mol. The van der Waals surface area contributed by atoms with Crippen LogP contribution in [0.1, 0.15) is 13.3 Å². The molecule has 0 saturated carbocycles. The molecule has 1 fully saturated rings. The van der Waals surface area contributed by atoms with E-state index in [4.69, 9.17) is 5.11 Å². The molecule has 80 valence electrons. The largest absolute Gasteiger partial charge is 0.478 e. The van der Waals surface area contributed by atoms with E-state index in [9.17, 15) is 4.79 Å². The molecule has 1 rings (SSSR count). The van der Waals surface area contributed by atoms with E-state index >= 15 is 0 Å². The fourth-order valence-corrected chi connectivity index (χ4v) is 2.63. The minimum atomic E-state index is -0.830. The van der Waals surface area contributed by atoms with Crippen molar-refractivity contribution in [2.75, 3.05) is 24.6 Å². The van der Waals surface area contributed by atoms with Crippen molar-refractivity contribution in [3.63, 3.8) is 0 Å². The molecule has 3 nitrogen and oxygen atoms in total. The van der Waals surface area contributed by atoms with Gasteiger partial charge in [-0.1, -0.05) is 6.08 Å². The van der Waals surface area contributed by atoms with Gasteiger partial charge in [-0.3, -0.25) is 0 Å². The molecule has 0 aromatic heterocycles. The van der Waals surface area contributed by atoms with Gasteiger partial charge >= 0.3 is 5.97 Å². The van der Waals surface area contributed by atoms with E-state index in [1.54, 1.807) is 13.0 Å². The molecule has 1 aliphatic heterocycles. The van der Waals surface area contributed by atoms with Crippen molar-refractivity contribution < 1.29 is 9.90 Å². The lowest BCUT2D eigenvalue weighted by atomic mass is 10.1. The summed E-state index contributed by atoms with van der Waals surface area (Å²) in [6, 6.07) is 0. The quantitative estimate of drug-likeness (QED) is 0.537. The first-order chi connectivity index (χ1) is 6.70. The Kier molecular flexibility index (Phi) is 5.04. The lowest BCUT2D eigenvalue weighted by molar-refractivity contribution is -0.132. The Morgan fingerprint density at radius 3 is 3.07 bits per heavy atom. The number of aliphatic carboxylic acids is 1. The highest BCUT2D eigenvalue weighted by molar-refractivity contribution is 7.99. The molecule has 14 heavy (non-hydrogen) atoms. The van der Waals surface area contributed by atoms with Crippen molar-refractivity contribution in [1.29, 1.82) is 0 Å². The number of carboxylic acid groups (broad SMARTS) is 1. The maximum Gasteiger partial charge on any atom is 0.330 e. The van der Waals surface area contributed by atoms with Crippen LogP contribution in [0, 0.1) is 5.92 Å². The monoisotopic (exact) mass is 215 g/mol. The summed E-state index contributed by atoms with van der Waals surface area (Å²) < 4.78 is 0. The summed E-state index contributed by atoms with van der Waals surface area (Å²) in [5, 5.41) is 11.9.